The van der Waals surface area contributed by atoms with Crippen LogP contribution in [-0.4, -0.2) is 36.7 Å². The molecule has 6 heteroatoms. The van der Waals surface area contributed by atoms with Crippen molar-refractivity contribution >= 4 is 22.6 Å². The molecule has 1 atom stereocenters. The Hall–Kier alpha value is -2.47. The fourth-order valence-electron chi connectivity index (χ4n) is 2.04. The van der Waals surface area contributed by atoms with Gasteiger partial charge in [-0.2, -0.15) is 0 Å². The first kappa shape index (κ1) is 14.9. The maximum absolute atomic E-state index is 13.7. The Morgan fingerprint density at radius 2 is 1.90 bits per heavy atom. The van der Waals surface area contributed by atoms with Gasteiger partial charge in [0.25, 0.3) is 5.91 Å². The number of fused-ring (bicyclic) bond motifs is 1. The largest absolute Gasteiger partial charge is 0.480 e. The van der Waals surface area contributed by atoms with Crippen molar-refractivity contribution in [3.63, 3.8) is 0 Å². The first-order valence-corrected chi connectivity index (χ1v) is 6.24. The lowest BCUT2D eigenvalue weighted by Crippen LogP contribution is -2.43. The Balaban J connectivity index is 2.36. The van der Waals surface area contributed by atoms with Crippen LogP contribution >= 0.6 is 0 Å². The van der Waals surface area contributed by atoms with Gasteiger partial charge in [0, 0.05) is 18.1 Å². The Morgan fingerprint density at radius 3 is 2.52 bits per heavy atom. The van der Waals surface area contributed by atoms with Gasteiger partial charge in [-0.25, -0.2) is 9.18 Å². The Morgan fingerprint density at radius 1 is 1.24 bits per heavy atom. The van der Waals surface area contributed by atoms with Crippen molar-refractivity contribution in [1.29, 1.82) is 0 Å². The van der Waals surface area contributed by atoms with Gasteiger partial charge < -0.3 is 15.2 Å². The summed E-state index contributed by atoms with van der Waals surface area (Å²) < 4.78 is 18.4. The maximum Gasteiger partial charge on any atom is 0.328 e. The lowest BCUT2D eigenvalue weighted by atomic mass is 10.0. The number of rotatable bonds is 5. The van der Waals surface area contributed by atoms with Gasteiger partial charge in [-0.05, 0) is 17.5 Å². The number of halogens is 1. The second-order valence-corrected chi connectivity index (χ2v) is 4.46. The molecule has 2 aromatic carbocycles. The third kappa shape index (κ3) is 3.17. The average Bonchev–Trinajstić information content (AvgIpc) is 2.47. The number of nitrogens with one attached hydrogen (secondary N) is 1. The third-order valence-corrected chi connectivity index (χ3v) is 3.05. The molecule has 2 rings (SSSR count). The van der Waals surface area contributed by atoms with Crippen LogP contribution in [0.15, 0.2) is 36.4 Å². The molecular formula is C15H14FNO4. The van der Waals surface area contributed by atoms with Crippen molar-refractivity contribution in [2.24, 2.45) is 0 Å². The Bertz CT molecular complexity index is 686. The minimum absolute atomic E-state index is 0.153. The van der Waals surface area contributed by atoms with Crippen LogP contribution in [0.5, 0.6) is 0 Å². The molecule has 21 heavy (non-hydrogen) atoms. The number of carbonyl (C=O) groups is 2. The quantitative estimate of drug-likeness (QED) is 0.881. The van der Waals surface area contributed by atoms with Crippen LogP contribution in [0.25, 0.3) is 10.8 Å². The van der Waals surface area contributed by atoms with Gasteiger partial charge in [-0.3, -0.25) is 4.79 Å². The fourth-order valence-corrected chi connectivity index (χ4v) is 2.04. The van der Waals surface area contributed by atoms with E-state index in [1.807, 2.05) is 0 Å². The summed E-state index contributed by atoms with van der Waals surface area (Å²) in [7, 11) is 1.34. The number of aliphatic carboxylic acids is 1. The van der Waals surface area contributed by atoms with Gasteiger partial charge in [-0.15, -0.1) is 0 Å². The number of hydrogen-bond acceptors (Lipinski definition) is 3. The Labute approximate surface area is 120 Å². The molecular weight excluding hydrogens is 277 g/mol. The second kappa shape index (κ2) is 6.32. The maximum atomic E-state index is 13.7. The van der Waals surface area contributed by atoms with Gasteiger partial charge in [0.2, 0.25) is 0 Å². The number of carboxylic acid groups (broad SMARTS) is 1. The molecule has 0 aromatic heterocycles. The van der Waals surface area contributed by atoms with Crippen molar-refractivity contribution in [2.45, 2.75) is 6.04 Å². The first-order valence-electron chi connectivity index (χ1n) is 6.24. The molecule has 2 N–H and O–H groups in total. The van der Waals surface area contributed by atoms with Crippen LogP contribution in [0.3, 0.4) is 0 Å². The van der Waals surface area contributed by atoms with E-state index in [0.717, 1.165) is 0 Å². The summed E-state index contributed by atoms with van der Waals surface area (Å²) in [6.07, 6.45) is 0. The highest BCUT2D eigenvalue weighted by Crippen LogP contribution is 2.21. The SMILES string of the molecule is COCC(NC(=O)c1ccc(F)c2ccccc12)C(=O)O. The summed E-state index contributed by atoms with van der Waals surface area (Å²) in [5, 5.41) is 12.1. The predicted octanol–water partition coefficient (Wildman–Crippen LogP) is 1.81. The fraction of sp³-hybridized carbons (Fsp3) is 0.200. The molecule has 5 nitrogen and oxygen atoms in total. The van der Waals surface area contributed by atoms with Crippen molar-refractivity contribution in [1.82, 2.24) is 5.32 Å². The van der Waals surface area contributed by atoms with Crippen LogP contribution in [0, 0.1) is 5.82 Å². The van der Waals surface area contributed by atoms with Crippen molar-refractivity contribution < 1.29 is 23.8 Å². The van der Waals surface area contributed by atoms with Gasteiger partial charge in [0.05, 0.1) is 6.61 Å². The number of amides is 1. The van der Waals surface area contributed by atoms with Crippen molar-refractivity contribution in [3.8, 4) is 0 Å². The van der Waals surface area contributed by atoms with Crippen molar-refractivity contribution in [3.05, 3.63) is 47.8 Å². The summed E-state index contributed by atoms with van der Waals surface area (Å²) in [6, 6.07) is 7.87. The van der Waals surface area contributed by atoms with E-state index >= 15 is 0 Å². The molecule has 1 unspecified atom stereocenters. The van der Waals surface area contributed by atoms with E-state index in [1.165, 1.54) is 19.2 Å². The Kier molecular flexibility index (Phi) is 4.49. The lowest BCUT2D eigenvalue weighted by molar-refractivity contribution is -0.140. The molecule has 0 radical (unpaired) electrons. The molecule has 2 aromatic rings. The van der Waals surface area contributed by atoms with E-state index < -0.39 is 23.7 Å². The highest BCUT2D eigenvalue weighted by Gasteiger charge is 2.21. The zero-order valence-corrected chi connectivity index (χ0v) is 11.3. The smallest absolute Gasteiger partial charge is 0.328 e. The molecule has 0 spiro atoms. The van der Waals surface area contributed by atoms with E-state index in [1.54, 1.807) is 24.3 Å². The molecule has 0 saturated carbocycles. The van der Waals surface area contributed by atoms with E-state index in [9.17, 15) is 14.0 Å². The number of methoxy groups -OCH3 is 1. The average molecular weight is 291 g/mol. The predicted molar refractivity (Wildman–Crippen MR) is 74.7 cm³/mol. The molecule has 0 aliphatic carbocycles. The highest BCUT2D eigenvalue weighted by molar-refractivity contribution is 6.08. The summed E-state index contributed by atoms with van der Waals surface area (Å²) in [6.45, 7) is -0.153. The van der Waals surface area contributed by atoms with Crippen LogP contribution in [0.1, 0.15) is 10.4 Å². The van der Waals surface area contributed by atoms with E-state index in [0.29, 0.717) is 10.8 Å². The summed E-state index contributed by atoms with van der Waals surface area (Å²) in [4.78, 5) is 23.2. The molecule has 0 fully saturated rings. The minimum atomic E-state index is -1.20. The van der Waals surface area contributed by atoms with E-state index in [-0.39, 0.29) is 12.2 Å². The summed E-state index contributed by atoms with van der Waals surface area (Å²) in [5.74, 6) is -2.22. The van der Waals surface area contributed by atoms with Gasteiger partial charge in [0.15, 0.2) is 6.04 Å². The zero-order valence-electron chi connectivity index (χ0n) is 11.3. The van der Waals surface area contributed by atoms with E-state index in [2.05, 4.69) is 5.32 Å². The zero-order chi connectivity index (χ0) is 15.4. The lowest BCUT2D eigenvalue weighted by Gasteiger charge is -2.14. The second-order valence-electron chi connectivity index (χ2n) is 4.46. The van der Waals surface area contributed by atoms with Gasteiger partial charge in [0.1, 0.15) is 5.82 Å². The monoisotopic (exact) mass is 291 g/mol. The number of carbonyl (C=O) groups excluding carboxylic acids is 1. The number of hydrogen-bond donors (Lipinski definition) is 2. The van der Waals surface area contributed by atoms with Crippen LogP contribution in [0.4, 0.5) is 4.39 Å². The number of benzene rings is 2. The molecule has 0 saturated heterocycles. The minimum Gasteiger partial charge on any atom is -0.480 e. The topological polar surface area (TPSA) is 75.6 Å². The first-order chi connectivity index (χ1) is 10.0. The summed E-state index contributed by atoms with van der Waals surface area (Å²) >= 11 is 0. The molecule has 0 bridgehead atoms. The molecule has 0 heterocycles. The third-order valence-electron chi connectivity index (χ3n) is 3.05. The molecule has 110 valence electrons. The van der Waals surface area contributed by atoms with Gasteiger partial charge in [-0.1, -0.05) is 24.3 Å². The molecule has 0 aliphatic rings. The highest BCUT2D eigenvalue weighted by atomic mass is 19.1. The van der Waals surface area contributed by atoms with Crippen LogP contribution in [-0.2, 0) is 9.53 Å². The van der Waals surface area contributed by atoms with Crippen LogP contribution < -0.4 is 5.32 Å². The van der Waals surface area contributed by atoms with Gasteiger partial charge >= 0.3 is 5.97 Å². The summed E-state index contributed by atoms with van der Waals surface area (Å²) in [5.41, 5.74) is 0.217. The molecule has 0 aliphatic heterocycles. The number of ether oxygens (including phenoxy) is 1. The van der Waals surface area contributed by atoms with Crippen molar-refractivity contribution in [2.75, 3.05) is 13.7 Å². The normalized spacial score (nSPS) is 12.1. The molecule has 1 amide bonds. The number of carboxylic acids is 1. The van der Waals surface area contributed by atoms with Crippen LogP contribution in [0.2, 0.25) is 0 Å². The standard InChI is InChI=1S/C15H14FNO4/c1-21-8-13(15(19)20)17-14(18)11-6-7-12(16)10-5-3-2-4-9(10)11/h2-7,13H,8H2,1H3,(H,17,18)(H,19,20). The van der Waals surface area contributed by atoms with E-state index in [4.69, 9.17) is 9.84 Å².